The standard InChI is InChI=1S/C19H29N3O/c1-5-6-11-22-19(2,3)18(23)17(20-4)12-14-13-21-16-10-8-7-9-15(14)16/h7-10,13,17,20-22H,5-6,11-12H2,1-4H3/t17-/m0/s1. The second-order valence-corrected chi connectivity index (χ2v) is 6.67. The molecule has 0 aliphatic heterocycles. The SMILES string of the molecule is CCCCNC(C)(C)C(=O)[C@H](Cc1c[nH]c2ccccc12)NC. The van der Waals surface area contributed by atoms with Crippen LogP contribution >= 0.6 is 0 Å². The number of unbranched alkanes of at least 4 members (excludes halogenated alkanes) is 1. The number of H-pyrrole nitrogens is 1. The molecule has 1 aromatic carbocycles. The zero-order valence-electron chi connectivity index (χ0n) is 14.7. The molecule has 0 fully saturated rings. The van der Waals surface area contributed by atoms with E-state index in [0.717, 1.165) is 24.9 Å². The van der Waals surface area contributed by atoms with E-state index in [1.54, 1.807) is 0 Å². The van der Waals surface area contributed by atoms with Crippen LogP contribution in [0.2, 0.25) is 0 Å². The van der Waals surface area contributed by atoms with Crippen LogP contribution in [-0.2, 0) is 11.2 Å². The molecule has 0 spiro atoms. The molecule has 0 radical (unpaired) electrons. The van der Waals surface area contributed by atoms with Gasteiger partial charge in [-0.1, -0.05) is 31.5 Å². The Kier molecular flexibility index (Phi) is 5.97. The number of ketones is 1. The Bertz CT molecular complexity index is 645. The summed E-state index contributed by atoms with van der Waals surface area (Å²) >= 11 is 0. The van der Waals surface area contributed by atoms with Crippen LogP contribution in [0.3, 0.4) is 0 Å². The van der Waals surface area contributed by atoms with Crippen molar-refractivity contribution in [1.82, 2.24) is 15.6 Å². The third-order valence-corrected chi connectivity index (χ3v) is 4.48. The molecule has 2 aromatic rings. The lowest BCUT2D eigenvalue weighted by Crippen LogP contribution is -2.55. The van der Waals surface area contributed by atoms with E-state index in [9.17, 15) is 4.79 Å². The van der Waals surface area contributed by atoms with E-state index < -0.39 is 5.54 Å². The Morgan fingerprint density at radius 1 is 1.30 bits per heavy atom. The highest BCUT2D eigenvalue weighted by atomic mass is 16.1. The van der Waals surface area contributed by atoms with Crippen LogP contribution < -0.4 is 10.6 Å². The summed E-state index contributed by atoms with van der Waals surface area (Å²) in [5, 5.41) is 7.78. The van der Waals surface area contributed by atoms with Crippen molar-refractivity contribution in [3.8, 4) is 0 Å². The monoisotopic (exact) mass is 315 g/mol. The van der Waals surface area contributed by atoms with Crippen molar-refractivity contribution in [2.75, 3.05) is 13.6 Å². The van der Waals surface area contributed by atoms with E-state index in [1.165, 1.54) is 10.9 Å². The Hall–Kier alpha value is -1.65. The minimum Gasteiger partial charge on any atom is -0.361 e. The molecule has 0 bridgehead atoms. The molecular weight excluding hydrogens is 286 g/mol. The van der Waals surface area contributed by atoms with E-state index >= 15 is 0 Å². The molecule has 126 valence electrons. The number of fused-ring (bicyclic) bond motifs is 1. The normalized spacial score (nSPS) is 13.4. The summed E-state index contributed by atoms with van der Waals surface area (Å²) in [6.07, 6.45) is 4.92. The first-order valence-corrected chi connectivity index (χ1v) is 8.51. The fraction of sp³-hybridized carbons (Fsp3) is 0.526. The fourth-order valence-electron chi connectivity index (χ4n) is 2.95. The number of likely N-dealkylation sites (N-methyl/N-ethyl adjacent to an activating group) is 1. The Balaban J connectivity index is 2.11. The molecule has 3 N–H and O–H groups in total. The van der Waals surface area contributed by atoms with E-state index in [0.29, 0.717) is 6.42 Å². The maximum Gasteiger partial charge on any atom is 0.169 e. The highest BCUT2D eigenvalue weighted by Crippen LogP contribution is 2.20. The van der Waals surface area contributed by atoms with Gasteiger partial charge in [0.15, 0.2) is 5.78 Å². The second kappa shape index (κ2) is 7.75. The Morgan fingerprint density at radius 3 is 2.74 bits per heavy atom. The van der Waals surface area contributed by atoms with Crippen LogP contribution in [0.15, 0.2) is 30.5 Å². The number of hydrogen-bond donors (Lipinski definition) is 3. The molecule has 1 aromatic heterocycles. The van der Waals surface area contributed by atoms with Crippen molar-refractivity contribution in [1.29, 1.82) is 0 Å². The van der Waals surface area contributed by atoms with Crippen LogP contribution in [0.1, 0.15) is 39.2 Å². The minimum absolute atomic E-state index is 0.196. The number of Topliss-reactive ketones (excluding diaryl/α,β-unsaturated/α-hetero) is 1. The molecule has 0 aliphatic carbocycles. The summed E-state index contributed by atoms with van der Waals surface area (Å²) in [5.41, 5.74) is 1.78. The van der Waals surface area contributed by atoms with Crippen LogP contribution in [0, 0.1) is 0 Å². The van der Waals surface area contributed by atoms with Crippen molar-refractivity contribution >= 4 is 16.7 Å². The van der Waals surface area contributed by atoms with E-state index in [-0.39, 0.29) is 11.8 Å². The number of carbonyl (C=O) groups is 1. The summed E-state index contributed by atoms with van der Waals surface area (Å²) in [6, 6.07) is 8.02. The molecule has 1 atom stereocenters. The van der Waals surface area contributed by atoms with Gasteiger partial charge in [0.1, 0.15) is 0 Å². The number of aromatic nitrogens is 1. The quantitative estimate of drug-likeness (QED) is 0.623. The van der Waals surface area contributed by atoms with E-state index in [2.05, 4.69) is 34.7 Å². The van der Waals surface area contributed by atoms with Gasteiger partial charge in [0.05, 0.1) is 11.6 Å². The number of para-hydroxylation sites is 1. The number of hydrogen-bond acceptors (Lipinski definition) is 3. The minimum atomic E-state index is -0.519. The smallest absolute Gasteiger partial charge is 0.169 e. The van der Waals surface area contributed by atoms with Crippen molar-refractivity contribution in [3.05, 3.63) is 36.0 Å². The molecule has 0 saturated heterocycles. The van der Waals surface area contributed by atoms with Gasteiger partial charge in [-0.25, -0.2) is 0 Å². The first-order valence-electron chi connectivity index (χ1n) is 8.51. The summed E-state index contributed by atoms with van der Waals surface area (Å²) in [5.74, 6) is 0.210. The van der Waals surface area contributed by atoms with Crippen molar-refractivity contribution < 1.29 is 4.79 Å². The maximum atomic E-state index is 12.9. The number of benzene rings is 1. The van der Waals surface area contributed by atoms with Gasteiger partial charge in [0.2, 0.25) is 0 Å². The van der Waals surface area contributed by atoms with Gasteiger partial charge in [-0.2, -0.15) is 0 Å². The van der Waals surface area contributed by atoms with Gasteiger partial charge in [-0.15, -0.1) is 0 Å². The predicted molar refractivity (Wildman–Crippen MR) is 96.8 cm³/mol. The average molecular weight is 315 g/mol. The lowest BCUT2D eigenvalue weighted by molar-refractivity contribution is -0.126. The third-order valence-electron chi connectivity index (χ3n) is 4.48. The summed E-state index contributed by atoms with van der Waals surface area (Å²) in [6.45, 7) is 6.98. The lowest BCUT2D eigenvalue weighted by Gasteiger charge is -2.29. The number of rotatable bonds is 9. The summed E-state index contributed by atoms with van der Waals surface area (Å²) in [4.78, 5) is 16.2. The van der Waals surface area contributed by atoms with E-state index in [4.69, 9.17) is 0 Å². The van der Waals surface area contributed by atoms with Gasteiger partial charge in [0, 0.05) is 17.1 Å². The van der Waals surface area contributed by atoms with Crippen LogP contribution in [-0.4, -0.2) is 35.9 Å². The van der Waals surface area contributed by atoms with Crippen molar-refractivity contribution in [2.24, 2.45) is 0 Å². The molecule has 4 heteroatoms. The summed E-state index contributed by atoms with van der Waals surface area (Å²) in [7, 11) is 1.86. The predicted octanol–water partition coefficient (Wildman–Crippen LogP) is 3.04. The molecule has 2 rings (SSSR count). The first kappa shape index (κ1) is 17.7. The molecule has 0 unspecified atom stereocenters. The van der Waals surface area contributed by atoms with Gasteiger partial charge in [-0.05, 0) is 51.9 Å². The highest BCUT2D eigenvalue weighted by molar-refractivity contribution is 5.93. The number of nitrogens with one attached hydrogen (secondary N) is 3. The average Bonchev–Trinajstić information content (AvgIpc) is 2.95. The van der Waals surface area contributed by atoms with Crippen LogP contribution in [0.5, 0.6) is 0 Å². The molecule has 0 aliphatic rings. The molecule has 23 heavy (non-hydrogen) atoms. The third kappa shape index (κ3) is 4.21. The zero-order chi connectivity index (χ0) is 16.9. The first-order chi connectivity index (χ1) is 11.0. The van der Waals surface area contributed by atoms with Gasteiger partial charge >= 0.3 is 0 Å². The van der Waals surface area contributed by atoms with Crippen molar-refractivity contribution in [3.63, 3.8) is 0 Å². The Morgan fingerprint density at radius 2 is 2.04 bits per heavy atom. The largest absolute Gasteiger partial charge is 0.361 e. The van der Waals surface area contributed by atoms with Crippen molar-refractivity contribution in [2.45, 2.75) is 51.6 Å². The molecule has 0 saturated carbocycles. The van der Waals surface area contributed by atoms with Gasteiger partial charge in [-0.3, -0.25) is 4.79 Å². The maximum absolute atomic E-state index is 12.9. The van der Waals surface area contributed by atoms with E-state index in [1.807, 2.05) is 39.2 Å². The zero-order valence-corrected chi connectivity index (χ0v) is 14.7. The highest BCUT2D eigenvalue weighted by Gasteiger charge is 2.32. The number of carbonyl (C=O) groups excluding carboxylic acids is 1. The summed E-state index contributed by atoms with van der Waals surface area (Å²) < 4.78 is 0. The topological polar surface area (TPSA) is 56.9 Å². The second-order valence-electron chi connectivity index (χ2n) is 6.67. The number of aromatic amines is 1. The lowest BCUT2D eigenvalue weighted by atomic mass is 9.89. The van der Waals surface area contributed by atoms with Crippen LogP contribution in [0.4, 0.5) is 0 Å². The molecule has 1 heterocycles. The van der Waals surface area contributed by atoms with Crippen LogP contribution in [0.25, 0.3) is 10.9 Å². The molecular formula is C19H29N3O. The Labute approximate surface area is 139 Å². The van der Waals surface area contributed by atoms with Gasteiger partial charge in [0.25, 0.3) is 0 Å². The fourth-order valence-corrected chi connectivity index (χ4v) is 2.95. The molecule has 4 nitrogen and oxygen atoms in total. The van der Waals surface area contributed by atoms with Gasteiger partial charge < -0.3 is 15.6 Å². The molecule has 0 amide bonds.